The second-order valence-electron chi connectivity index (χ2n) is 7.47. The predicted octanol–water partition coefficient (Wildman–Crippen LogP) is 1.26. The third-order valence-corrected chi connectivity index (χ3v) is 5.53. The fourth-order valence-electron chi connectivity index (χ4n) is 3.76. The van der Waals surface area contributed by atoms with Gasteiger partial charge in [-0.1, -0.05) is 12.1 Å². The largest absolute Gasteiger partial charge is 0.480 e. The summed E-state index contributed by atoms with van der Waals surface area (Å²) in [5.41, 5.74) is 1.33. The Morgan fingerprint density at radius 1 is 1.19 bits per heavy atom. The van der Waals surface area contributed by atoms with Gasteiger partial charge in [0.1, 0.15) is 5.54 Å². The van der Waals surface area contributed by atoms with Crippen molar-refractivity contribution in [2.75, 3.05) is 50.8 Å². The van der Waals surface area contributed by atoms with Crippen LogP contribution < -0.4 is 10.2 Å². The van der Waals surface area contributed by atoms with Crippen LogP contribution in [0.2, 0.25) is 0 Å². The standard InChI is InChI=1S/C20H29N3O4/c1-16-3-2-4-17(15-16)23-11-9-22(10-12-23)8-5-18(24)21-20(19(25)26)6-13-27-14-7-20/h2-4,15H,5-14H2,1H3,(H,21,24)(H,25,26). The highest BCUT2D eigenvalue weighted by atomic mass is 16.5. The van der Waals surface area contributed by atoms with E-state index in [4.69, 9.17) is 4.74 Å². The van der Waals surface area contributed by atoms with Gasteiger partial charge in [-0.05, 0) is 24.6 Å². The Morgan fingerprint density at radius 2 is 1.89 bits per heavy atom. The molecular weight excluding hydrogens is 346 g/mol. The monoisotopic (exact) mass is 375 g/mol. The maximum absolute atomic E-state index is 12.3. The summed E-state index contributed by atoms with van der Waals surface area (Å²) in [6.07, 6.45) is 0.965. The number of anilines is 1. The first-order valence-electron chi connectivity index (χ1n) is 9.65. The van der Waals surface area contributed by atoms with Crippen LogP contribution >= 0.6 is 0 Å². The number of amides is 1. The number of carbonyl (C=O) groups excluding carboxylic acids is 1. The van der Waals surface area contributed by atoms with Crippen LogP contribution in [0.15, 0.2) is 24.3 Å². The van der Waals surface area contributed by atoms with Gasteiger partial charge in [-0.3, -0.25) is 9.69 Å². The minimum atomic E-state index is -1.17. The molecule has 1 amide bonds. The number of piperazine rings is 1. The number of ether oxygens (including phenoxy) is 1. The van der Waals surface area contributed by atoms with E-state index in [0.717, 1.165) is 26.2 Å². The van der Waals surface area contributed by atoms with Gasteiger partial charge in [0, 0.05) is 70.9 Å². The fourth-order valence-corrected chi connectivity index (χ4v) is 3.76. The molecule has 0 aliphatic carbocycles. The van der Waals surface area contributed by atoms with E-state index in [9.17, 15) is 14.7 Å². The second-order valence-corrected chi connectivity index (χ2v) is 7.47. The molecule has 3 rings (SSSR count). The van der Waals surface area contributed by atoms with Crippen molar-refractivity contribution in [2.45, 2.75) is 31.7 Å². The number of hydrogen-bond acceptors (Lipinski definition) is 5. The molecule has 0 atom stereocenters. The highest BCUT2D eigenvalue weighted by Crippen LogP contribution is 2.21. The number of rotatable bonds is 6. The number of nitrogens with zero attached hydrogens (tertiary/aromatic N) is 2. The first-order valence-corrected chi connectivity index (χ1v) is 9.65. The van der Waals surface area contributed by atoms with Gasteiger partial charge in [0.15, 0.2) is 0 Å². The molecule has 0 radical (unpaired) electrons. The predicted molar refractivity (Wildman–Crippen MR) is 103 cm³/mol. The molecule has 0 unspecified atom stereocenters. The zero-order chi connectivity index (χ0) is 19.3. The van der Waals surface area contributed by atoms with Crippen molar-refractivity contribution in [3.8, 4) is 0 Å². The molecule has 0 saturated carbocycles. The average molecular weight is 375 g/mol. The molecule has 7 nitrogen and oxygen atoms in total. The Kier molecular flexibility index (Phi) is 6.34. The van der Waals surface area contributed by atoms with Gasteiger partial charge < -0.3 is 20.1 Å². The van der Waals surface area contributed by atoms with Crippen molar-refractivity contribution >= 4 is 17.6 Å². The molecule has 148 valence electrons. The summed E-state index contributed by atoms with van der Waals surface area (Å²) < 4.78 is 5.24. The highest BCUT2D eigenvalue weighted by Gasteiger charge is 2.41. The van der Waals surface area contributed by atoms with Crippen LogP contribution in [0, 0.1) is 6.92 Å². The normalized spacial score (nSPS) is 20.3. The number of carboxylic acid groups (broad SMARTS) is 1. The molecule has 2 heterocycles. The molecular formula is C20H29N3O4. The molecule has 2 aliphatic heterocycles. The van der Waals surface area contributed by atoms with E-state index in [0.29, 0.717) is 39.0 Å². The first-order chi connectivity index (χ1) is 13.0. The van der Waals surface area contributed by atoms with Crippen LogP contribution in [-0.4, -0.2) is 73.4 Å². The number of nitrogens with one attached hydrogen (secondary N) is 1. The van der Waals surface area contributed by atoms with Gasteiger partial charge in [0.25, 0.3) is 0 Å². The molecule has 27 heavy (non-hydrogen) atoms. The summed E-state index contributed by atoms with van der Waals surface area (Å²) in [5, 5.41) is 12.3. The SMILES string of the molecule is Cc1cccc(N2CCN(CCC(=O)NC3(C(=O)O)CCOCC3)CC2)c1. The molecule has 7 heteroatoms. The molecule has 0 spiro atoms. The van der Waals surface area contributed by atoms with Crippen LogP contribution in [0.25, 0.3) is 0 Å². The maximum atomic E-state index is 12.3. The maximum Gasteiger partial charge on any atom is 0.329 e. The summed E-state index contributed by atoms with van der Waals surface area (Å²) in [6.45, 7) is 7.16. The van der Waals surface area contributed by atoms with Crippen LogP contribution in [0.3, 0.4) is 0 Å². The van der Waals surface area contributed by atoms with E-state index in [1.807, 2.05) is 0 Å². The van der Waals surface area contributed by atoms with Crippen molar-refractivity contribution in [1.82, 2.24) is 10.2 Å². The summed E-state index contributed by atoms with van der Waals surface area (Å²) in [7, 11) is 0. The summed E-state index contributed by atoms with van der Waals surface area (Å²) in [6, 6.07) is 8.51. The van der Waals surface area contributed by atoms with Gasteiger partial charge in [0.05, 0.1) is 0 Å². The second kappa shape index (κ2) is 8.71. The van der Waals surface area contributed by atoms with Gasteiger partial charge in [-0.25, -0.2) is 4.79 Å². The molecule has 2 aliphatic rings. The summed E-state index contributed by atoms with van der Waals surface area (Å²) in [4.78, 5) is 28.6. The molecule has 2 saturated heterocycles. The number of aliphatic carboxylic acids is 1. The molecule has 2 fully saturated rings. The van der Waals surface area contributed by atoms with Crippen molar-refractivity contribution < 1.29 is 19.4 Å². The Hall–Kier alpha value is -2.12. The van der Waals surface area contributed by atoms with E-state index < -0.39 is 11.5 Å². The zero-order valence-corrected chi connectivity index (χ0v) is 15.9. The quantitative estimate of drug-likeness (QED) is 0.779. The van der Waals surface area contributed by atoms with Crippen LogP contribution in [0.4, 0.5) is 5.69 Å². The van der Waals surface area contributed by atoms with Gasteiger partial charge in [0.2, 0.25) is 5.91 Å². The zero-order valence-electron chi connectivity index (χ0n) is 15.9. The smallest absolute Gasteiger partial charge is 0.329 e. The van der Waals surface area contributed by atoms with Gasteiger partial charge in [-0.2, -0.15) is 0 Å². The third-order valence-electron chi connectivity index (χ3n) is 5.53. The van der Waals surface area contributed by atoms with Crippen LogP contribution in [0.1, 0.15) is 24.8 Å². The van der Waals surface area contributed by atoms with E-state index in [1.165, 1.54) is 11.3 Å². The Bertz CT molecular complexity index is 665. The van der Waals surface area contributed by atoms with E-state index in [2.05, 4.69) is 46.3 Å². The molecule has 0 bridgehead atoms. The average Bonchev–Trinajstić information content (AvgIpc) is 2.67. The first kappa shape index (κ1) is 19.6. The fraction of sp³-hybridized carbons (Fsp3) is 0.600. The third kappa shape index (κ3) is 4.99. The Morgan fingerprint density at radius 3 is 2.52 bits per heavy atom. The van der Waals surface area contributed by atoms with Crippen LogP contribution in [0.5, 0.6) is 0 Å². The van der Waals surface area contributed by atoms with Crippen molar-refractivity contribution in [1.29, 1.82) is 0 Å². The van der Waals surface area contributed by atoms with E-state index >= 15 is 0 Å². The topological polar surface area (TPSA) is 82.1 Å². The van der Waals surface area contributed by atoms with Crippen molar-refractivity contribution in [3.63, 3.8) is 0 Å². The lowest BCUT2D eigenvalue weighted by Crippen LogP contribution is -2.58. The molecule has 0 aromatic heterocycles. The lowest BCUT2D eigenvalue weighted by Gasteiger charge is -2.37. The number of aryl methyl sites for hydroxylation is 1. The number of hydrogen-bond donors (Lipinski definition) is 2. The van der Waals surface area contributed by atoms with Gasteiger partial charge >= 0.3 is 5.97 Å². The van der Waals surface area contributed by atoms with E-state index in [-0.39, 0.29) is 5.91 Å². The van der Waals surface area contributed by atoms with Gasteiger partial charge in [-0.15, -0.1) is 0 Å². The number of carbonyl (C=O) groups is 2. The van der Waals surface area contributed by atoms with Crippen molar-refractivity contribution in [3.05, 3.63) is 29.8 Å². The number of benzene rings is 1. The molecule has 1 aromatic rings. The molecule has 2 N–H and O–H groups in total. The molecule has 1 aromatic carbocycles. The minimum Gasteiger partial charge on any atom is -0.480 e. The summed E-state index contributed by atoms with van der Waals surface area (Å²) in [5.74, 6) is -1.16. The highest BCUT2D eigenvalue weighted by molar-refractivity contribution is 5.87. The van der Waals surface area contributed by atoms with E-state index in [1.54, 1.807) is 0 Å². The van der Waals surface area contributed by atoms with Crippen molar-refractivity contribution in [2.24, 2.45) is 0 Å². The summed E-state index contributed by atoms with van der Waals surface area (Å²) >= 11 is 0. The minimum absolute atomic E-state index is 0.194. The van der Waals surface area contributed by atoms with Crippen LogP contribution in [-0.2, 0) is 14.3 Å². The number of carboxylic acids is 1. The Balaban J connectivity index is 1.44. The lowest BCUT2D eigenvalue weighted by atomic mass is 9.90. The lowest BCUT2D eigenvalue weighted by molar-refractivity contribution is -0.152. The Labute approximate surface area is 160 Å².